The number of carbonyl (C=O) groups excluding carboxylic acids is 1. The number of ether oxygens (including phenoxy) is 3. The van der Waals surface area contributed by atoms with Crippen LogP contribution in [0.1, 0.15) is 36.1 Å². The van der Waals surface area contributed by atoms with E-state index in [0.29, 0.717) is 51.5 Å². The van der Waals surface area contributed by atoms with Crippen molar-refractivity contribution in [2.75, 3.05) is 41.0 Å². The maximum Gasteiger partial charge on any atom is 0.332 e. The van der Waals surface area contributed by atoms with Crippen LogP contribution in [0.3, 0.4) is 0 Å². The number of carbonyl (C=O) groups is 1. The first kappa shape index (κ1) is 28.7. The second-order valence-corrected chi connectivity index (χ2v) is 10.9. The molecule has 0 radical (unpaired) electrons. The van der Waals surface area contributed by atoms with Gasteiger partial charge in [-0.2, -0.15) is 5.10 Å². The highest BCUT2D eigenvalue weighted by Gasteiger charge is 2.33. The maximum atomic E-state index is 14.5. The summed E-state index contributed by atoms with van der Waals surface area (Å²) in [5.41, 5.74) is -0.129. The van der Waals surface area contributed by atoms with Crippen LogP contribution in [0.4, 0.5) is 4.39 Å². The highest BCUT2D eigenvalue weighted by Crippen LogP contribution is 2.34. The summed E-state index contributed by atoms with van der Waals surface area (Å²) < 4.78 is 35.4. The average molecular weight is 586 g/mol. The number of hydrogen-bond acceptors (Lipinski definition) is 8. The van der Waals surface area contributed by atoms with E-state index in [4.69, 9.17) is 14.2 Å². The van der Waals surface area contributed by atoms with Crippen molar-refractivity contribution in [2.24, 2.45) is 0 Å². The van der Waals surface area contributed by atoms with Crippen LogP contribution >= 0.6 is 11.3 Å². The number of aryl methyl sites for hydroxylation is 1. The third-order valence-corrected chi connectivity index (χ3v) is 8.67. The molecule has 1 aliphatic heterocycles. The minimum Gasteiger partial charge on any atom is -0.496 e. The van der Waals surface area contributed by atoms with Crippen molar-refractivity contribution in [2.45, 2.75) is 38.5 Å². The molecule has 4 aromatic rings. The van der Waals surface area contributed by atoms with Gasteiger partial charge in [-0.3, -0.25) is 14.2 Å². The van der Waals surface area contributed by atoms with E-state index in [0.717, 1.165) is 4.57 Å². The fourth-order valence-electron chi connectivity index (χ4n) is 5.28. The molecule has 218 valence electrons. The number of piperidine rings is 1. The number of fused-ring (bicyclic) bond motifs is 1. The zero-order valence-electron chi connectivity index (χ0n) is 23.3. The molecule has 1 aromatic carbocycles. The van der Waals surface area contributed by atoms with Gasteiger partial charge in [0, 0.05) is 44.2 Å². The fraction of sp³-hybridized carbons (Fsp3) is 0.429. The van der Waals surface area contributed by atoms with E-state index < -0.39 is 29.2 Å². The zero-order valence-corrected chi connectivity index (χ0v) is 24.1. The first-order chi connectivity index (χ1) is 19.8. The van der Waals surface area contributed by atoms with E-state index in [-0.39, 0.29) is 25.7 Å². The zero-order chi connectivity index (χ0) is 29.3. The van der Waals surface area contributed by atoms with Gasteiger partial charge >= 0.3 is 5.69 Å². The number of benzene rings is 1. The Kier molecular flexibility index (Phi) is 8.38. The van der Waals surface area contributed by atoms with Crippen molar-refractivity contribution in [1.82, 2.24) is 23.8 Å². The van der Waals surface area contributed by atoms with Gasteiger partial charge in [-0.25, -0.2) is 18.4 Å². The fourth-order valence-corrected chi connectivity index (χ4v) is 6.53. The van der Waals surface area contributed by atoms with Crippen LogP contribution in [0, 0.1) is 12.7 Å². The first-order valence-electron chi connectivity index (χ1n) is 13.2. The summed E-state index contributed by atoms with van der Waals surface area (Å²) in [4.78, 5) is 43.4. The molecule has 0 saturated carbocycles. The normalized spacial score (nSPS) is 16.5. The molecule has 1 saturated heterocycles. The van der Waals surface area contributed by atoms with Gasteiger partial charge in [-0.05, 0) is 44.0 Å². The van der Waals surface area contributed by atoms with E-state index in [1.807, 2.05) is 0 Å². The third-order valence-electron chi connectivity index (χ3n) is 7.37. The van der Waals surface area contributed by atoms with E-state index >= 15 is 0 Å². The molecule has 41 heavy (non-hydrogen) atoms. The average Bonchev–Trinajstić information content (AvgIpc) is 3.60. The minimum atomic E-state index is -0.937. The summed E-state index contributed by atoms with van der Waals surface area (Å²) in [5.74, 6) is -0.399. The summed E-state index contributed by atoms with van der Waals surface area (Å²) >= 11 is 1.24. The molecule has 0 spiro atoms. The second kappa shape index (κ2) is 12.0. The molecule has 3 aromatic heterocycles. The molecule has 1 unspecified atom stereocenters. The molecule has 13 heteroatoms. The van der Waals surface area contributed by atoms with Crippen molar-refractivity contribution < 1.29 is 23.4 Å². The Labute approximate surface area is 239 Å². The van der Waals surface area contributed by atoms with Gasteiger partial charge in [0.1, 0.15) is 33.5 Å². The Morgan fingerprint density at radius 3 is 2.71 bits per heavy atom. The molecule has 4 heterocycles. The van der Waals surface area contributed by atoms with Crippen molar-refractivity contribution in [3.05, 3.63) is 74.4 Å². The Morgan fingerprint density at radius 2 is 2.00 bits per heavy atom. The van der Waals surface area contributed by atoms with Crippen LogP contribution < -0.4 is 16.0 Å². The van der Waals surface area contributed by atoms with Gasteiger partial charge < -0.3 is 19.1 Å². The second-order valence-electron chi connectivity index (χ2n) is 9.89. The Balaban J connectivity index is 1.75. The number of likely N-dealkylation sites (tertiary alicyclic amines) is 1. The van der Waals surface area contributed by atoms with Crippen LogP contribution in [0.15, 0.2) is 46.2 Å². The van der Waals surface area contributed by atoms with Crippen molar-refractivity contribution in [3.8, 4) is 10.8 Å². The number of hydrogen-bond donors (Lipinski definition) is 0. The number of methoxy groups -OCH3 is 2. The molecule has 1 aliphatic rings. The molecule has 0 aliphatic carbocycles. The number of amides is 1. The molecule has 2 atom stereocenters. The number of likely N-dealkylation sites (N-methyl/N-ethyl adjacent to an activating group) is 1. The number of rotatable bonds is 10. The van der Waals surface area contributed by atoms with Crippen molar-refractivity contribution in [3.63, 3.8) is 0 Å². The van der Waals surface area contributed by atoms with Gasteiger partial charge in [-0.1, -0.05) is 11.3 Å². The van der Waals surface area contributed by atoms with Gasteiger partial charge in [0.2, 0.25) is 5.91 Å². The van der Waals surface area contributed by atoms with Crippen molar-refractivity contribution in [1.29, 1.82) is 0 Å². The summed E-state index contributed by atoms with van der Waals surface area (Å²) in [6.07, 6.45) is 3.56. The lowest BCUT2D eigenvalue weighted by atomic mass is 10.0. The molecule has 5 rings (SSSR count). The predicted molar refractivity (Wildman–Crippen MR) is 152 cm³/mol. The highest BCUT2D eigenvalue weighted by molar-refractivity contribution is 7.21. The summed E-state index contributed by atoms with van der Waals surface area (Å²) in [6, 6.07) is 4.92. The lowest BCUT2D eigenvalue weighted by molar-refractivity contribution is -0.136. The van der Waals surface area contributed by atoms with E-state index in [1.165, 1.54) is 48.3 Å². The molecule has 0 N–H and O–H groups in total. The molecule has 1 amide bonds. The van der Waals surface area contributed by atoms with E-state index in [1.54, 1.807) is 42.0 Å². The molecular formula is C28H32FN5O6S. The number of aromatic nitrogens is 4. The first-order valence-corrected chi connectivity index (χ1v) is 14.1. The van der Waals surface area contributed by atoms with Crippen LogP contribution in [0.2, 0.25) is 0 Å². The lowest BCUT2D eigenvalue weighted by Gasteiger charge is -2.30. The molecule has 1 fully saturated rings. The maximum absolute atomic E-state index is 14.5. The van der Waals surface area contributed by atoms with Crippen molar-refractivity contribution >= 4 is 27.5 Å². The monoisotopic (exact) mass is 585 g/mol. The smallest absolute Gasteiger partial charge is 0.332 e. The van der Waals surface area contributed by atoms with Gasteiger partial charge in [-0.15, -0.1) is 0 Å². The van der Waals surface area contributed by atoms with Gasteiger partial charge in [0.15, 0.2) is 0 Å². The van der Waals surface area contributed by atoms with E-state index in [2.05, 4.69) is 5.10 Å². The summed E-state index contributed by atoms with van der Waals surface area (Å²) in [5, 5.41) is 5.31. The largest absolute Gasteiger partial charge is 0.496 e. The number of nitrogens with zero attached hydrogens (tertiary/aromatic N) is 5. The van der Waals surface area contributed by atoms with Crippen LogP contribution in [-0.4, -0.2) is 70.7 Å². The molecule has 11 nitrogen and oxygen atoms in total. The number of halogens is 1. The lowest BCUT2D eigenvalue weighted by Crippen LogP contribution is -2.49. The van der Waals surface area contributed by atoms with Gasteiger partial charge in [0.25, 0.3) is 5.56 Å². The summed E-state index contributed by atoms with van der Waals surface area (Å²) in [7, 11) is 4.67. The quantitative estimate of drug-likeness (QED) is 0.263. The SMILES string of the molecule is COCCOC(Cn1c(=O)n([C@H]2CCCN(C)C2=O)c(=O)c2c(C)c(-n3cccn3)sc21)c1cc(F)ccc1OC. The molecule has 0 bridgehead atoms. The minimum absolute atomic E-state index is 0.0750. The van der Waals surface area contributed by atoms with Crippen LogP contribution in [0.5, 0.6) is 5.75 Å². The van der Waals surface area contributed by atoms with Crippen LogP contribution in [0.25, 0.3) is 15.2 Å². The molecular weight excluding hydrogens is 553 g/mol. The third kappa shape index (κ3) is 5.32. The van der Waals surface area contributed by atoms with Crippen LogP contribution in [-0.2, 0) is 20.8 Å². The standard InChI is InChI=1S/C28H32FN5O6S/c1-17-23-25(36)34(20-7-5-11-31(2)24(20)35)28(37)32(27(23)41-26(17)33-12-6-10-30-33)16-22(40-14-13-38-3)19-15-18(29)8-9-21(19)39-4/h6,8-10,12,15,20,22H,5,7,11,13-14,16H2,1-4H3/t20-,22?/m0/s1. The highest BCUT2D eigenvalue weighted by atomic mass is 32.1. The predicted octanol–water partition coefficient (Wildman–Crippen LogP) is 3.06. The Hall–Kier alpha value is -3.81. The Bertz CT molecular complexity index is 1680. The van der Waals surface area contributed by atoms with Gasteiger partial charge in [0.05, 0.1) is 32.3 Å². The van der Waals surface area contributed by atoms with E-state index in [9.17, 15) is 18.8 Å². The number of thiophene rings is 1. The summed E-state index contributed by atoms with van der Waals surface area (Å²) in [6.45, 7) is 2.70. The Morgan fingerprint density at radius 1 is 1.20 bits per heavy atom. The topological polar surface area (TPSA) is 110 Å².